The SMILES string of the molecule is CC1OC(Oc2c(-c3ccc(OC4OC(CO)C(O)C(O)C4O)cc3)oc3cc(OC4OC(CO)C(O)C(O)C4O)cc(O)c3c2=O)C(O)C(O)C1O. The molecule has 15 unspecified atom stereocenters. The Bertz CT molecular complexity index is 1780. The van der Waals surface area contributed by atoms with Crippen LogP contribution in [0.4, 0.5) is 0 Å². The van der Waals surface area contributed by atoms with Gasteiger partial charge in [-0.1, -0.05) is 0 Å². The highest BCUT2D eigenvalue weighted by Crippen LogP contribution is 2.39. The van der Waals surface area contributed by atoms with Crippen LogP contribution in [0.5, 0.6) is 23.0 Å². The fraction of sp³-hybridized carbons (Fsp3) is 0.545. The van der Waals surface area contributed by atoms with Gasteiger partial charge in [-0.25, -0.2) is 0 Å². The Balaban J connectivity index is 1.37. The minimum Gasteiger partial charge on any atom is -0.507 e. The third-order valence-corrected chi connectivity index (χ3v) is 9.27. The lowest BCUT2D eigenvalue weighted by atomic mass is 9.99. The molecule has 3 aliphatic rings. The maximum atomic E-state index is 14.0. The number of rotatable bonds is 9. The van der Waals surface area contributed by atoms with Crippen LogP contribution in [0.1, 0.15) is 6.92 Å². The lowest BCUT2D eigenvalue weighted by Crippen LogP contribution is -2.60. The number of aromatic hydroxyl groups is 1. The number of aliphatic hydroxyl groups excluding tert-OH is 11. The summed E-state index contributed by atoms with van der Waals surface area (Å²) in [6.07, 6.45) is -23.9. The highest BCUT2D eigenvalue weighted by Gasteiger charge is 2.47. The first-order valence-corrected chi connectivity index (χ1v) is 16.4. The van der Waals surface area contributed by atoms with Gasteiger partial charge in [0.25, 0.3) is 0 Å². The number of benzene rings is 2. The van der Waals surface area contributed by atoms with Crippen LogP contribution in [0.25, 0.3) is 22.3 Å². The van der Waals surface area contributed by atoms with Crippen molar-refractivity contribution in [3.05, 3.63) is 46.6 Å². The topological polar surface area (TPSA) is 328 Å². The monoisotopic (exact) mass is 756 g/mol. The van der Waals surface area contributed by atoms with Gasteiger partial charge >= 0.3 is 0 Å². The highest BCUT2D eigenvalue weighted by atomic mass is 16.7. The van der Waals surface area contributed by atoms with Crippen LogP contribution in [0.15, 0.2) is 45.6 Å². The van der Waals surface area contributed by atoms with E-state index in [2.05, 4.69) is 0 Å². The van der Waals surface area contributed by atoms with Crippen molar-refractivity contribution in [2.24, 2.45) is 0 Å². The molecule has 1 aromatic heterocycles. The van der Waals surface area contributed by atoms with Crippen LogP contribution in [-0.2, 0) is 14.2 Å². The Morgan fingerprint density at radius 3 is 1.62 bits per heavy atom. The Morgan fingerprint density at radius 2 is 1.09 bits per heavy atom. The van der Waals surface area contributed by atoms with Crippen LogP contribution in [0, 0.1) is 0 Å². The first kappa shape index (κ1) is 39.0. The molecule has 6 rings (SSSR count). The summed E-state index contributed by atoms with van der Waals surface area (Å²) in [7, 11) is 0. The molecule has 3 fully saturated rings. The lowest BCUT2D eigenvalue weighted by Gasteiger charge is -2.39. The zero-order valence-electron chi connectivity index (χ0n) is 27.7. The average molecular weight is 757 g/mol. The van der Waals surface area contributed by atoms with E-state index in [1.165, 1.54) is 31.2 Å². The van der Waals surface area contributed by atoms with E-state index >= 15 is 0 Å². The van der Waals surface area contributed by atoms with E-state index in [9.17, 15) is 66.1 Å². The minimum atomic E-state index is -1.86. The van der Waals surface area contributed by atoms with E-state index < -0.39 is 128 Å². The van der Waals surface area contributed by atoms with Gasteiger partial charge in [0.1, 0.15) is 95.4 Å². The molecule has 53 heavy (non-hydrogen) atoms. The molecule has 0 bridgehead atoms. The quantitative estimate of drug-likeness (QED) is 0.0983. The summed E-state index contributed by atoms with van der Waals surface area (Å²) in [5.41, 5.74) is -1.24. The summed E-state index contributed by atoms with van der Waals surface area (Å²) in [6.45, 7) is -0.0430. The largest absolute Gasteiger partial charge is 0.507 e. The molecule has 3 aliphatic heterocycles. The summed E-state index contributed by atoms with van der Waals surface area (Å²) in [5.74, 6) is -1.92. The molecule has 4 heterocycles. The molecule has 292 valence electrons. The van der Waals surface area contributed by atoms with Gasteiger partial charge in [0, 0.05) is 17.7 Å². The number of hydrogen-bond acceptors (Lipinski definition) is 20. The summed E-state index contributed by atoms with van der Waals surface area (Å²) in [6, 6.07) is 7.43. The molecular formula is C33H40O20. The van der Waals surface area contributed by atoms with E-state index in [1.54, 1.807) is 0 Å². The molecule has 0 saturated carbocycles. The molecule has 12 N–H and O–H groups in total. The van der Waals surface area contributed by atoms with Crippen molar-refractivity contribution in [3.63, 3.8) is 0 Å². The third kappa shape index (κ3) is 7.39. The molecule has 20 heteroatoms. The Labute approximate surface area is 298 Å². The van der Waals surface area contributed by atoms with Gasteiger partial charge in [0.05, 0.1) is 19.3 Å². The summed E-state index contributed by atoms with van der Waals surface area (Å²) >= 11 is 0. The molecule has 15 atom stereocenters. The number of hydrogen-bond donors (Lipinski definition) is 12. The average Bonchev–Trinajstić information content (AvgIpc) is 3.14. The molecule has 0 spiro atoms. The van der Waals surface area contributed by atoms with Crippen LogP contribution in [0.3, 0.4) is 0 Å². The predicted octanol–water partition coefficient (Wildman–Crippen LogP) is -4.27. The van der Waals surface area contributed by atoms with E-state index in [-0.39, 0.29) is 28.4 Å². The first-order valence-electron chi connectivity index (χ1n) is 16.4. The van der Waals surface area contributed by atoms with Crippen molar-refractivity contribution >= 4 is 11.0 Å². The standard InChI is InChI=1S/C33H40O20/c1-10-19(37)23(41)26(44)31(47-10)53-30-22(40)18-14(36)6-13(49-33-28(46)25(43)21(39)17(9-35)52-33)7-15(18)50-29(30)11-2-4-12(5-3-11)48-32-27(45)24(42)20(38)16(8-34)51-32/h2-7,10,16-17,19-21,23-28,31-39,41-46H,8-9H2,1H3. The zero-order chi connectivity index (χ0) is 38.5. The fourth-order valence-electron chi connectivity index (χ4n) is 6.13. The maximum absolute atomic E-state index is 14.0. The number of fused-ring (bicyclic) bond motifs is 1. The van der Waals surface area contributed by atoms with Crippen molar-refractivity contribution in [2.75, 3.05) is 13.2 Å². The minimum absolute atomic E-state index is 0.0357. The highest BCUT2D eigenvalue weighted by molar-refractivity contribution is 5.88. The number of phenols is 1. The van der Waals surface area contributed by atoms with Crippen molar-refractivity contribution in [1.29, 1.82) is 0 Å². The van der Waals surface area contributed by atoms with Gasteiger partial charge in [-0.3, -0.25) is 4.79 Å². The number of aliphatic hydroxyl groups is 11. The molecule has 0 aliphatic carbocycles. The molecule has 0 amide bonds. The third-order valence-electron chi connectivity index (χ3n) is 9.27. The van der Waals surface area contributed by atoms with Crippen molar-refractivity contribution in [1.82, 2.24) is 0 Å². The maximum Gasteiger partial charge on any atom is 0.239 e. The van der Waals surface area contributed by atoms with E-state index in [1.807, 2.05) is 0 Å². The normalized spacial score (nSPS) is 37.7. The smallest absolute Gasteiger partial charge is 0.239 e. The molecule has 3 aromatic rings. The number of phenolic OH excluding ortho intramolecular Hbond substituents is 1. The second kappa shape index (κ2) is 15.6. The van der Waals surface area contributed by atoms with Crippen LogP contribution in [-0.4, -0.2) is 167 Å². The van der Waals surface area contributed by atoms with Gasteiger partial charge in [-0.2, -0.15) is 0 Å². The van der Waals surface area contributed by atoms with Crippen LogP contribution >= 0.6 is 0 Å². The Hall–Kier alpha value is -3.71. The molecular weight excluding hydrogens is 716 g/mol. The summed E-state index contributed by atoms with van der Waals surface area (Å²) in [5, 5.41) is 122. The Morgan fingerprint density at radius 1 is 0.604 bits per heavy atom. The van der Waals surface area contributed by atoms with E-state index in [4.69, 9.17) is 32.8 Å². The summed E-state index contributed by atoms with van der Waals surface area (Å²) < 4.78 is 39.3. The fourth-order valence-corrected chi connectivity index (χ4v) is 6.13. The van der Waals surface area contributed by atoms with E-state index in [0.717, 1.165) is 12.1 Å². The molecule has 0 radical (unpaired) electrons. The molecule has 3 saturated heterocycles. The lowest BCUT2D eigenvalue weighted by molar-refractivity contribution is -0.277. The zero-order valence-corrected chi connectivity index (χ0v) is 27.7. The van der Waals surface area contributed by atoms with E-state index in [0.29, 0.717) is 0 Å². The van der Waals surface area contributed by atoms with Crippen LogP contribution in [0.2, 0.25) is 0 Å². The van der Waals surface area contributed by atoms with Gasteiger partial charge in [-0.05, 0) is 31.2 Å². The Kier molecular flexibility index (Phi) is 11.5. The van der Waals surface area contributed by atoms with Gasteiger partial charge in [0.2, 0.25) is 30.0 Å². The second-order valence-electron chi connectivity index (χ2n) is 12.9. The van der Waals surface area contributed by atoms with Gasteiger partial charge in [-0.15, -0.1) is 0 Å². The second-order valence-corrected chi connectivity index (χ2v) is 12.9. The van der Waals surface area contributed by atoms with Crippen LogP contribution < -0.4 is 19.6 Å². The summed E-state index contributed by atoms with van der Waals surface area (Å²) in [4.78, 5) is 14.0. The predicted molar refractivity (Wildman–Crippen MR) is 171 cm³/mol. The first-order chi connectivity index (χ1) is 25.1. The van der Waals surface area contributed by atoms with Crippen molar-refractivity contribution < 1.29 is 94.1 Å². The number of ether oxygens (including phenoxy) is 6. The van der Waals surface area contributed by atoms with Gasteiger partial charge in [0.15, 0.2) is 5.76 Å². The molecule has 20 nitrogen and oxygen atoms in total. The van der Waals surface area contributed by atoms with Crippen molar-refractivity contribution in [2.45, 2.75) is 99.0 Å². The molecule has 2 aromatic carbocycles. The van der Waals surface area contributed by atoms with Crippen molar-refractivity contribution in [3.8, 4) is 34.3 Å². The van der Waals surface area contributed by atoms with Gasteiger partial charge < -0.3 is 94.1 Å².